The summed E-state index contributed by atoms with van der Waals surface area (Å²) in [5, 5.41) is 37.7. The van der Waals surface area contributed by atoms with Gasteiger partial charge in [0.05, 0.1) is 33.9 Å². The maximum Gasteiger partial charge on any atom is 2.00 e. The summed E-state index contributed by atoms with van der Waals surface area (Å²) in [5.74, 6) is 0.157. The van der Waals surface area contributed by atoms with E-state index in [2.05, 4.69) is 80.4 Å². The fourth-order valence-corrected chi connectivity index (χ4v) is 10.7. The normalized spacial score (nSPS) is 12.5. The van der Waals surface area contributed by atoms with Crippen molar-refractivity contribution < 1.29 is 66.3 Å². The maximum atomic E-state index is 12.5. The molecule has 2 aliphatic rings. The molecule has 0 unspecified atom stereocenters. The van der Waals surface area contributed by atoms with Gasteiger partial charge in [0.25, 0.3) is 0 Å². The van der Waals surface area contributed by atoms with E-state index >= 15 is 0 Å². The minimum Gasteiger partial charge on any atom is -0.753 e. The van der Waals surface area contributed by atoms with Crippen LogP contribution in [0, 0.1) is 5.41 Å². The van der Waals surface area contributed by atoms with Gasteiger partial charge in [0.2, 0.25) is 0 Å². The van der Waals surface area contributed by atoms with E-state index in [9.17, 15) is 33.0 Å². The van der Waals surface area contributed by atoms with Crippen molar-refractivity contribution in [2.75, 3.05) is 18.1 Å². The predicted octanol–water partition coefficient (Wildman–Crippen LogP) is 16.3. The molecule has 15 nitrogen and oxygen atoms in total. The van der Waals surface area contributed by atoms with E-state index in [1.165, 1.54) is 78.0 Å². The van der Waals surface area contributed by atoms with Crippen LogP contribution >= 0.6 is 34.9 Å². The summed E-state index contributed by atoms with van der Waals surface area (Å²) >= 11 is 6.81. The molecule has 1 aromatic carbocycles. The van der Waals surface area contributed by atoms with Gasteiger partial charge < -0.3 is 40.1 Å². The number of para-hydroxylation sites is 1. The number of carboxylic acids is 2. The zero-order chi connectivity index (χ0) is 56.8. The topological polar surface area (TPSA) is 231 Å². The van der Waals surface area contributed by atoms with Crippen molar-refractivity contribution in [1.29, 1.82) is 5.41 Å². The molecule has 0 saturated carbocycles. The molecular weight excluding hydrogens is 1190 g/mol. The second-order valence-corrected chi connectivity index (χ2v) is 19.8. The minimum absolute atomic E-state index is 0. The number of thiophene rings is 2. The number of benzene rings is 1. The third-order valence-electron chi connectivity index (χ3n) is 12.3. The van der Waals surface area contributed by atoms with Crippen LogP contribution in [0.4, 0.5) is 23.9 Å². The fraction of sp³-hybridized carbons (Fsp3) is 0.186. The Kier molecular flexibility index (Phi) is 21.1. The van der Waals surface area contributed by atoms with E-state index in [0.717, 1.165) is 57.4 Å². The van der Waals surface area contributed by atoms with Crippen molar-refractivity contribution in [3.63, 3.8) is 0 Å². The molecule has 0 fully saturated rings. The van der Waals surface area contributed by atoms with Crippen LogP contribution in [0.5, 0.6) is 11.5 Å². The zero-order valence-corrected chi connectivity index (χ0v) is 47.2. The number of carbonyl (C=O) groups is 2. The first-order valence-electron chi connectivity index (χ1n) is 25.0. The van der Waals surface area contributed by atoms with E-state index in [1.807, 2.05) is 35.7 Å². The molecule has 8 heterocycles. The number of nitrogens with one attached hydrogen (secondary N) is 2. The van der Waals surface area contributed by atoms with Crippen LogP contribution in [0.3, 0.4) is 0 Å². The molecule has 0 spiro atoms. The van der Waals surface area contributed by atoms with Crippen LogP contribution in [0.15, 0.2) is 155 Å². The number of aromatic nitrogens is 4. The summed E-state index contributed by atoms with van der Waals surface area (Å²) in [4.78, 5) is 45.0. The number of carboxylic acid groups (broad SMARTS) is 2. The Hall–Kier alpha value is -8.26. The van der Waals surface area contributed by atoms with Crippen molar-refractivity contribution in [2.24, 2.45) is 0 Å². The SMILES string of the molecule is CCCCCCc1ccsc1-c1ccnc(/C([NH-])=C/C(=N)C(F)(F)F)c1.O=C(O)c1ccnc(-c2cc(C(=O)O)cc(-c3cc(-c4ccc(-c5sc(N(C6=CC=CCC6)c6ccccc6)c6c5OCCO6)o4)ccn3)n2)c1.[N-]=C=S.[Ru+2]. The summed E-state index contributed by atoms with van der Waals surface area (Å²) in [6.45, 7) is 3.01. The number of alkyl halides is 3. The van der Waals surface area contributed by atoms with Gasteiger partial charge >= 0.3 is 37.6 Å². The number of hydrogen-bond acceptors (Lipinski definition) is 14. The Balaban J connectivity index is 0.000000266. The number of aryl methyl sites for hydroxylation is 1. The number of thiocarbonyl (C=S) groups is 1. The molecular formula is C59H49F3N8O7RuS3. The van der Waals surface area contributed by atoms with Crippen LogP contribution < -0.4 is 14.4 Å². The predicted molar refractivity (Wildman–Crippen MR) is 309 cm³/mol. The van der Waals surface area contributed by atoms with Crippen molar-refractivity contribution in [3.8, 4) is 66.7 Å². The first-order valence-corrected chi connectivity index (χ1v) is 27.1. The average Bonchev–Trinajstić information content (AvgIpc) is 4.33. The number of isothiocyanates is 1. The first kappa shape index (κ1) is 60.4. The number of furan rings is 1. The summed E-state index contributed by atoms with van der Waals surface area (Å²) < 4.78 is 56.4. The van der Waals surface area contributed by atoms with Gasteiger partial charge in [-0.3, -0.25) is 20.4 Å². The molecule has 1 aliphatic heterocycles. The van der Waals surface area contributed by atoms with Crippen molar-refractivity contribution >= 4 is 74.1 Å². The fourth-order valence-electron chi connectivity index (χ4n) is 8.52. The average molecular weight is 1240 g/mol. The molecule has 4 N–H and O–H groups in total. The monoisotopic (exact) mass is 1240 g/mol. The van der Waals surface area contributed by atoms with Gasteiger partial charge in [-0.1, -0.05) is 68.8 Å². The number of fused-ring (bicyclic) bond motifs is 1. The second kappa shape index (κ2) is 28.2. The third-order valence-corrected chi connectivity index (χ3v) is 14.5. The van der Waals surface area contributed by atoms with Crippen molar-refractivity contribution in [3.05, 3.63) is 185 Å². The number of nitrogens with zero attached hydrogens (tertiary/aromatic N) is 6. The number of rotatable bonds is 17. The number of halogens is 3. The largest absolute Gasteiger partial charge is 2.00 e. The molecule has 0 bridgehead atoms. The van der Waals surface area contributed by atoms with Gasteiger partial charge in [0, 0.05) is 46.1 Å². The quantitative estimate of drug-likeness (QED) is 0.0334. The van der Waals surface area contributed by atoms with Gasteiger partial charge in [-0.05, 0) is 133 Å². The van der Waals surface area contributed by atoms with Crippen LogP contribution in [0.2, 0.25) is 0 Å². The van der Waals surface area contributed by atoms with Gasteiger partial charge in [-0.25, -0.2) is 14.6 Å². The Morgan fingerprint density at radius 1 is 0.827 bits per heavy atom. The molecule has 8 aromatic rings. The van der Waals surface area contributed by atoms with Crippen LogP contribution in [0.1, 0.15) is 77.4 Å². The number of anilines is 2. The van der Waals surface area contributed by atoms with Crippen LogP contribution in [0.25, 0.3) is 72.0 Å². The van der Waals surface area contributed by atoms with Gasteiger partial charge in [-0.2, -0.15) is 18.3 Å². The number of ether oxygens (including phenoxy) is 2. The number of unbranched alkanes of at least 4 members (excludes halogenated alkanes) is 3. The van der Waals surface area contributed by atoms with Crippen molar-refractivity contribution in [2.45, 2.75) is 58.0 Å². The molecule has 1 aliphatic carbocycles. The van der Waals surface area contributed by atoms with E-state index in [0.29, 0.717) is 53.6 Å². The van der Waals surface area contributed by atoms with E-state index in [-0.39, 0.29) is 53.4 Å². The summed E-state index contributed by atoms with van der Waals surface area (Å²) in [7, 11) is 0. The maximum absolute atomic E-state index is 12.5. The number of allylic oxidation sites excluding steroid dienone is 5. The molecule has 0 radical (unpaired) electrons. The van der Waals surface area contributed by atoms with Crippen LogP contribution in [-0.2, 0) is 25.9 Å². The molecule has 10 rings (SSSR count). The number of hydrogen-bond donors (Lipinski definition) is 3. The third kappa shape index (κ3) is 15.2. The molecule has 0 amide bonds. The summed E-state index contributed by atoms with van der Waals surface area (Å²) in [6, 6.07) is 28.4. The van der Waals surface area contributed by atoms with Gasteiger partial charge in [0.15, 0.2) is 11.5 Å². The Morgan fingerprint density at radius 2 is 1.48 bits per heavy atom. The minimum atomic E-state index is -4.76. The molecule has 414 valence electrons. The molecule has 81 heavy (non-hydrogen) atoms. The second-order valence-electron chi connectivity index (χ2n) is 17.7. The molecule has 22 heteroatoms. The van der Waals surface area contributed by atoms with Gasteiger partial charge in [-0.15, -0.1) is 28.4 Å². The molecule has 7 aromatic heterocycles. The zero-order valence-electron chi connectivity index (χ0n) is 43.1. The van der Waals surface area contributed by atoms with Crippen molar-refractivity contribution in [1.82, 2.24) is 19.9 Å². The van der Waals surface area contributed by atoms with Crippen LogP contribution in [-0.4, -0.2) is 72.4 Å². The van der Waals surface area contributed by atoms with E-state index < -0.39 is 29.5 Å². The van der Waals surface area contributed by atoms with E-state index in [1.54, 1.807) is 41.8 Å². The Morgan fingerprint density at radius 3 is 2.16 bits per heavy atom. The molecule has 0 saturated heterocycles. The first-order chi connectivity index (χ1) is 38.7. The number of aromatic carboxylic acids is 2. The Bertz CT molecular complexity index is 3670. The summed E-state index contributed by atoms with van der Waals surface area (Å²) in [6.07, 6.45) is 14.0. The van der Waals surface area contributed by atoms with E-state index in [4.69, 9.17) is 30.4 Å². The standard InChI is InChI=1S/C39H28N4O7S.C19H21F3N3S.CNS.Ru/c44-38(45)24-14-16-41-29(20-24)31-22-25(39(46)47)21-30(42-31)28-19-23(13-15-40-28)32-11-12-33(50-32)36-34-35(49-18-17-48-34)37(51-36)43(26-7-3-1-4-8-26)27-9-5-2-6-10-27;1-2-3-4-5-6-13-8-10-26-18(13)14-7-9-25-16(11-14)15(23)12-17(24)19(20,21)22;2-1-3;/h1-5,7-9,11-16,19-22H,6,10,17-18H2,(H,44,45)(H,46,47);7-12,23-24H,2-6H2,1H3;;/q;2*-1;+2/b;15-12-,24-17?;;. The van der Waals surface area contributed by atoms with Gasteiger partial charge in [0.1, 0.15) is 40.3 Å². The summed E-state index contributed by atoms with van der Waals surface area (Å²) in [5.41, 5.74) is 11.9. The molecule has 0 atom stereocenters. The smallest absolute Gasteiger partial charge is 0.753 e. The Labute approximate surface area is 490 Å². The number of pyridine rings is 4.